The van der Waals surface area contributed by atoms with E-state index >= 15 is 0 Å². The molecule has 0 radical (unpaired) electrons. The van der Waals surface area contributed by atoms with Crippen molar-refractivity contribution in [2.45, 2.75) is 19.6 Å². The van der Waals surface area contributed by atoms with Crippen molar-refractivity contribution >= 4 is 11.6 Å². The molecule has 25 heavy (non-hydrogen) atoms. The first-order chi connectivity index (χ1) is 12.0. The van der Waals surface area contributed by atoms with Crippen LogP contribution in [0.3, 0.4) is 0 Å². The van der Waals surface area contributed by atoms with Gasteiger partial charge in [0.2, 0.25) is 5.82 Å². The Kier molecular flexibility index (Phi) is 5.25. The van der Waals surface area contributed by atoms with E-state index in [0.29, 0.717) is 18.9 Å². The Labute approximate surface area is 145 Å². The van der Waals surface area contributed by atoms with Crippen LogP contribution >= 0.6 is 0 Å². The van der Waals surface area contributed by atoms with Crippen molar-refractivity contribution in [1.82, 2.24) is 19.4 Å². The Morgan fingerprint density at radius 3 is 2.64 bits per heavy atom. The van der Waals surface area contributed by atoms with Crippen molar-refractivity contribution in [2.75, 3.05) is 37.6 Å². The smallest absolute Gasteiger partial charge is 0.381 e. The summed E-state index contributed by atoms with van der Waals surface area (Å²) in [5.41, 5.74) is 0. The molecule has 2 aromatic rings. The molecule has 9 heteroatoms. The zero-order valence-electron chi connectivity index (χ0n) is 14.2. The SMILES string of the molecule is Cc1nc([N+](=O)[O-])cn1CC(O)CN1CCN(c2ccccn2)CC1. The third-order valence-corrected chi connectivity index (χ3v) is 4.37. The lowest BCUT2D eigenvalue weighted by molar-refractivity contribution is -0.389. The maximum absolute atomic E-state index is 10.8. The molecule has 1 unspecified atom stereocenters. The van der Waals surface area contributed by atoms with E-state index in [1.807, 2.05) is 18.2 Å². The van der Waals surface area contributed by atoms with Gasteiger partial charge in [-0.2, -0.15) is 0 Å². The molecular weight excluding hydrogens is 324 g/mol. The summed E-state index contributed by atoms with van der Waals surface area (Å²) < 4.78 is 1.63. The van der Waals surface area contributed by atoms with E-state index in [-0.39, 0.29) is 5.82 Å². The van der Waals surface area contributed by atoms with E-state index in [0.717, 1.165) is 32.0 Å². The number of hydrogen-bond donors (Lipinski definition) is 1. The molecule has 1 aliphatic heterocycles. The van der Waals surface area contributed by atoms with Crippen LogP contribution in [0, 0.1) is 17.0 Å². The summed E-state index contributed by atoms with van der Waals surface area (Å²) in [6.07, 6.45) is 2.56. The molecule has 0 aliphatic carbocycles. The molecule has 1 N–H and O–H groups in total. The average molecular weight is 346 g/mol. The van der Waals surface area contributed by atoms with Crippen molar-refractivity contribution in [3.8, 4) is 0 Å². The molecular formula is C16H22N6O3. The lowest BCUT2D eigenvalue weighted by Gasteiger charge is -2.36. The summed E-state index contributed by atoms with van der Waals surface area (Å²) in [5, 5.41) is 21.1. The van der Waals surface area contributed by atoms with Gasteiger partial charge in [0.25, 0.3) is 0 Å². The number of nitrogens with zero attached hydrogens (tertiary/aromatic N) is 6. The number of hydrogen-bond acceptors (Lipinski definition) is 7. The fourth-order valence-corrected chi connectivity index (χ4v) is 3.05. The summed E-state index contributed by atoms with van der Waals surface area (Å²) in [7, 11) is 0. The zero-order chi connectivity index (χ0) is 17.8. The number of aromatic nitrogens is 3. The highest BCUT2D eigenvalue weighted by molar-refractivity contribution is 5.38. The fourth-order valence-electron chi connectivity index (χ4n) is 3.05. The number of anilines is 1. The lowest BCUT2D eigenvalue weighted by Crippen LogP contribution is -2.49. The minimum atomic E-state index is -0.603. The minimum absolute atomic E-state index is 0.186. The highest BCUT2D eigenvalue weighted by atomic mass is 16.6. The van der Waals surface area contributed by atoms with Crippen molar-refractivity contribution in [2.24, 2.45) is 0 Å². The van der Waals surface area contributed by atoms with Crippen LogP contribution in [0.5, 0.6) is 0 Å². The Hall–Kier alpha value is -2.52. The van der Waals surface area contributed by atoms with Gasteiger partial charge in [-0.3, -0.25) is 4.90 Å². The van der Waals surface area contributed by atoms with Crippen molar-refractivity contribution in [1.29, 1.82) is 0 Å². The molecule has 0 amide bonds. The summed E-state index contributed by atoms with van der Waals surface area (Å²) in [5.74, 6) is 1.32. The highest BCUT2D eigenvalue weighted by Crippen LogP contribution is 2.14. The molecule has 3 heterocycles. The van der Waals surface area contributed by atoms with Gasteiger partial charge in [-0.05, 0) is 22.0 Å². The zero-order valence-corrected chi connectivity index (χ0v) is 14.2. The highest BCUT2D eigenvalue weighted by Gasteiger charge is 2.22. The Morgan fingerprint density at radius 2 is 2.04 bits per heavy atom. The first kappa shape index (κ1) is 17.3. The van der Waals surface area contributed by atoms with E-state index in [9.17, 15) is 15.2 Å². The summed E-state index contributed by atoms with van der Waals surface area (Å²) in [6, 6.07) is 5.88. The number of pyridine rings is 1. The van der Waals surface area contributed by atoms with E-state index < -0.39 is 11.0 Å². The van der Waals surface area contributed by atoms with Crippen LogP contribution < -0.4 is 4.90 Å². The van der Waals surface area contributed by atoms with Crippen LogP contribution in [0.25, 0.3) is 0 Å². The van der Waals surface area contributed by atoms with Gasteiger partial charge in [0, 0.05) is 45.8 Å². The number of rotatable bonds is 6. The molecule has 134 valence electrons. The Balaban J connectivity index is 1.49. The molecule has 9 nitrogen and oxygen atoms in total. The summed E-state index contributed by atoms with van der Waals surface area (Å²) in [4.78, 5) is 22.9. The number of aliphatic hydroxyl groups excluding tert-OH is 1. The second kappa shape index (κ2) is 7.58. The Bertz CT molecular complexity index is 712. The van der Waals surface area contributed by atoms with Crippen molar-refractivity contribution in [3.05, 3.63) is 46.5 Å². The number of β-amino-alcohol motifs (C(OH)–C–C–N with tert-alkyl or cyclic N) is 1. The summed E-state index contributed by atoms with van der Waals surface area (Å²) >= 11 is 0. The predicted molar refractivity (Wildman–Crippen MR) is 92.5 cm³/mol. The van der Waals surface area contributed by atoms with E-state index in [4.69, 9.17) is 0 Å². The van der Waals surface area contributed by atoms with Gasteiger partial charge in [-0.15, -0.1) is 0 Å². The number of piperazine rings is 1. The van der Waals surface area contributed by atoms with E-state index in [1.165, 1.54) is 6.20 Å². The summed E-state index contributed by atoms with van der Waals surface area (Å²) in [6.45, 7) is 5.94. The molecule has 1 saturated heterocycles. The van der Waals surface area contributed by atoms with Crippen LogP contribution in [0.15, 0.2) is 30.6 Å². The van der Waals surface area contributed by atoms with Crippen LogP contribution in [0.4, 0.5) is 11.6 Å². The lowest BCUT2D eigenvalue weighted by atomic mass is 10.2. The quantitative estimate of drug-likeness (QED) is 0.606. The number of imidazole rings is 1. The van der Waals surface area contributed by atoms with Gasteiger partial charge in [0.05, 0.1) is 12.6 Å². The Morgan fingerprint density at radius 1 is 1.28 bits per heavy atom. The van der Waals surface area contributed by atoms with Crippen LogP contribution in [0.1, 0.15) is 5.82 Å². The standard InChI is InChI=1S/C16H22N6O3/c1-13-18-16(22(24)25)12-21(13)11-14(23)10-19-6-8-20(9-7-19)15-4-2-3-5-17-15/h2-5,12,14,23H,6-11H2,1H3. The van der Waals surface area contributed by atoms with Gasteiger partial charge < -0.3 is 24.7 Å². The van der Waals surface area contributed by atoms with Crippen molar-refractivity contribution < 1.29 is 10.0 Å². The third-order valence-electron chi connectivity index (χ3n) is 4.37. The van der Waals surface area contributed by atoms with Gasteiger partial charge >= 0.3 is 5.82 Å². The van der Waals surface area contributed by atoms with Crippen LogP contribution in [0.2, 0.25) is 0 Å². The second-order valence-corrected chi connectivity index (χ2v) is 6.19. The largest absolute Gasteiger partial charge is 0.390 e. The fraction of sp³-hybridized carbons (Fsp3) is 0.500. The minimum Gasteiger partial charge on any atom is -0.390 e. The maximum atomic E-state index is 10.8. The normalized spacial score (nSPS) is 16.8. The molecule has 0 aromatic carbocycles. The predicted octanol–water partition coefficient (Wildman–Crippen LogP) is 0.678. The average Bonchev–Trinajstić information content (AvgIpc) is 2.97. The molecule has 2 aromatic heterocycles. The molecule has 1 atom stereocenters. The topological polar surface area (TPSA) is 101 Å². The molecule has 0 spiro atoms. The molecule has 3 rings (SSSR count). The van der Waals surface area contributed by atoms with E-state index in [2.05, 4.69) is 19.8 Å². The maximum Gasteiger partial charge on any atom is 0.381 e. The number of nitro groups is 1. The van der Waals surface area contributed by atoms with Gasteiger partial charge in [-0.1, -0.05) is 6.07 Å². The molecule has 1 aliphatic rings. The number of aryl methyl sites for hydroxylation is 1. The first-order valence-corrected chi connectivity index (χ1v) is 8.27. The monoisotopic (exact) mass is 346 g/mol. The van der Waals surface area contributed by atoms with Crippen LogP contribution in [-0.4, -0.2) is 68.3 Å². The van der Waals surface area contributed by atoms with Gasteiger partial charge in [0.15, 0.2) is 0 Å². The van der Waals surface area contributed by atoms with E-state index in [1.54, 1.807) is 17.7 Å². The second-order valence-electron chi connectivity index (χ2n) is 6.19. The number of aliphatic hydroxyl groups is 1. The molecule has 0 saturated carbocycles. The first-order valence-electron chi connectivity index (χ1n) is 8.27. The molecule has 1 fully saturated rings. The van der Waals surface area contributed by atoms with Crippen molar-refractivity contribution in [3.63, 3.8) is 0 Å². The van der Waals surface area contributed by atoms with Gasteiger partial charge in [-0.25, -0.2) is 4.98 Å². The third kappa shape index (κ3) is 4.31. The van der Waals surface area contributed by atoms with Crippen LogP contribution in [-0.2, 0) is 6.54 Å². The van der Waals surface area contributed by atoms with Gasteiger partial charge in [0.1, 0.15) is 12.0 Å². The molecule has 0 bridgehead atoms.